The highest BCUT2D eigenvalue weighted by Gasteiger charge is 2.37. The van der Waals surface area contributed by atoms with Gasteiger partial charge in [-0.15, -0.1) is 11.8 Å². The molecule has 192 valence electrons. The van der Waals surface area contributed by atoms with Gasteiger partial charge in [-0.05, 0) is 56.2 Å². The summed E-state index contributed by atoms with van der Waals surface area (Å²) in [5, 5.41) is 3.00. The van der Waals surface area contributed by atoms with Crippen molar-refractivity contribution in [1.82, 2.24) is 24.3 Å². The van der Waals surface area contributed by atoms with E-state index in [1.807, 2.05) is 59.0 Å². The molecule has 37 heavy (non-hydrogen) atoms. The molecule has 9 nitrogen and oxygen atoms in total. The first kappa shape index (κ1) is 25.0. The second-order valence-electron chi connectivity index (χ2n) is 9.46. The molecule has 4 heterocycles. The molecule has 2 aromatic heterocycles. The molecule has 10 heteroatoms. The number of rotatable bonds is 5. The number of likely N-dealkylation sites (tertiary alicyclic amines) is 1. The number of pyridine rings is 1. The van der Waals surface area contributed by atoms with Gasteiger partial charge in [-0.3, -0.25) is 19.4 Å². The van der Waals surface area contributed by atoms with E-state index in [0.29, 0.717) is 36.0 Å². The van der Waals surface area contributed by atoms with Crippen LogP contribution in [0.3, 0.4) is 0 Å². The van der Waals surface area contributed by atoms with E-state index in [4.69, 9.17) is 4.98 Å². The van der Waals surface area contributed by atoms with Crippen LogP contribution in [0, 0.1) is 6.92 Å². The van der Waals surface area contributed by atoms with E-state index in [1.54, 1.807) is 29.2 Å². The zero-order chi connectivity index (χ0) is 25.9. The van der Waals surface area contributed by atoms with Crippen LogP contribution >= 0.6 is 11.8 Å². The highest BCUT2D eigenvalue weighted by Crippen LogP contribution is 2.31. The van der Waals surface area contributed by atoms with Crippen molar-refractivity contribution >= 4 is 35.2 Å². The van der Waals surface area contributed by atoms with E-state index in [-0.39, 0.29) is 29.7 Å². The minimum Gasteiger partial charge on any atom is -0.341 e. The molecular weight excluding hydrogens is 488 g/mol. The summed E-state index contributed by atoms with van der Waals surface area (Å²) in [6.45, 7) is 4.61. The van der Waals surface area contributed by atoms with Gasteiger partial charge >= 0.3 is 0 Å². The normalized spacial score (nSPS) is 18.2. The number of piperidine rings is 1. The summed E-state index contributed by atoms with van der Waals surface area (Å²) in [6, 6.07) is 10.9. The fourth-order valence-corrected chi connectivity index (χ4v) is 6.16. The molecule has 2 aliphatic rings. The Bertz CT molecular complexity index is 1290. The van der Waals surface area contributed by atoms with Gasteiger partial charge in [0.15, 0.2) is 0 Å². The standard InChI is InChI=1S/C27H30N6O3S/c1-18-3-8-23(26(35)30-21-4-6-22(7-5-21)32-14-11-28-16-32)25(29-18)20-9-12-31(13-10-20)27(36)24-15-37-17-33(24)19(2)34/h3-8,11,14,16,20,24H,9-10,12-13,15,17H2,1-2H3,(H,30,35)/t24-/m0/s1. The van der Waals surface area contributed by atoms with Crippen LogP contribution in [0.1, 0.15) is 47.4 Å². The van der Waals surface area contributed by atoms with Crippen molar-refractivity contribution in [3.8, 4) is 5.69 Å². The number of anilines is 1. The lowest BCUT2D eigenvalue weighted by Gasteiger charge is -2.35. The maximum absolute atomic E-state index is 13.3. The number of imidazole rings is 1. The molecule has 2 saturated heterocycles. The molecule has 3 amide bonds. The molecule has 2 fully saturated rings. The predicted molar refractivity (Wildman–Crippen MR) is 143 cm³/mol. The van der Waals surface area contributed by atoms with Gasteiger partial charge in [0.05, 0.1) is 23.5 Å². The summed E-state index contributed by atoms with van der Waals surface area (Å²) in [6.07, 6.45) is 6.76. The van der Waals surface area contributed by atoms with Gasteiger partial charge < -0.3 is 19.7 Å². The number of benzene rings is 1. The fraction of sp³-hybridized carbons (Fsp3) is 0.370. The second kappa shape index (κ2) is 10.8. The number of nitrogens with zero attached hydrogens (tertiary/aromatic N) is 5. The topological polar surface area (TPSA) is 100 Å². The van der Waals surface area contributed by atoms with E-state index in [0.717, 1.165) is 29.9 Å². The van der Waals surface area contributed by atoms with Gasteiger partial charge in [0.25, 0.3) is 5.91 Å². The molecule has 2 aliphatic heterocycles. The molecule has 3 aromatic rings. The molecular formula is C27H30N6O3S. The van der Waals surface area contributed by atoms with Crippen molar-refractivity contribution in [2.45, 2.75) is 38.6 Å². The lowest BCUT2D eigenvalue weighted by atomic mass is 9.89. The number of hydrogen-bond acceptors (Lipinski definition) is 6. The van der Waals surface area contributed by atoms with Crippen molar-refractivity contribution in [3.05, 3.63) is 72.1 Å². The Kier molecular flexibility index (Phi) is 7.27. The molecule has 0 aliphatic carbocycles. The minimum atomic E-state index is -0.377. The average Bonchev–Trinajstić information content (AvgIpc) is 3.62. The number of nitrogens with one attached hydrogen (secondary N) is 1. The highest BCUT2D eigenvalue weighted by atomic mass is 32.2. The third kappa shape index (κ3) is 5.39. The number of aromatic nitrogens is 3. The zero-order valence-electron chi connectivity index (χ0n) is 21.0. The molecule has 1 N–H and O–H groups in total. The van der Waals surface area contributed by atoms with Crippen LogP contribution in [0.15, 0.2) is 55.1 Å². The first-order chi connectivity index (χ1) is 17.9. The van der Waals surface area contributed by atoms with E-state index in [9.17, 15) is 14.4 Å². The van der Waals surface area contributed by atoms with Gasteiger partial charge in [0, 0.05) is 61.1 Å². The first-order valence-corrected chi connectivity index (χ1v) is 13.6. The van der Waals surface area contributed by atoms with E-state index in [1.165, 1.54) is 6.92 Å². The molecule has 0 saturated carbocycles. The van der Waals surface area contributed by atoms with E-state index < -0.39 is 0 Å². The van der Waals surface area contributed by atoms with Gasteiger partial charge in [-0.25, -0.2) is 4.98 Å². The Morgan fingerprint density at radius 3 is 2.49 bits per heavy atom. The number of carbonyl (C=O) groups excluding carboxylic acids is 3. The fourth-order valence-electron chi connectivity index (χ4n) is 4.95. The molecule has 0 unspecified atom stereocenters. The number of thioether (sulfide) groups is 1. The number of hydrogen-bond donors (Lipinski definition) is 1. The maximum Gasteiger partial charge on any atom is 0.257 e. The lowest BCUT2D eigenvalue weighted by Crippen LogP contribution is -2.50. The van der Waals surface area contributed by atoms with Crippen LogP contribution < -0.4 is 5.32 Å². The number of amides is 3. The molecule has 1 atom stereocenters. The third-order valence-electron chi connectivity index (χ3n) is 7.00. The Balaban J connectivity index is 1.26. The predicted octanol–water partition coefficient (Wildman–Crippen LogP) is 3.46. The largest absolute Gasteiger partial charge is 0.341 e. The van der Waals surface area contributed by atoms with Gasteiger partial charge in [-0.1, -0.05) is 0 Å². The van der Waals surface area contributed by atoms with Crippen molar-refractivity contribution in [1.29, 1.82) is 0 Å². The molecule has 5 rings (SSSR count). The Morgan fingerprint density at radius 1 is 1.05 bits per heavy atom. The minimum absolute atomic E-state index is 0.0213. The Labute approximate surface area is 220 Å². The summed E-state index contributed by atoms with van der Waals surface area (Å²) in [7, 11) is 0. The summed E-state index contributed by atoms with van der Waals surface area (Å²) in [5.74, 6) is 1.06. The molecule has 0 bridgehead atoms. The lowest BCUT2D eigenvalue weighted by molar-refractivity contribution is -0.143. The third-order valence-corrected chi connectivity index (χ3v) is 8.01. The van der Waals surface area contributed by atoms with Gasteiger partial charge in [0.2, 0.25) is 11.8 Å². The van der Waals surface area contributed by atoms with Crippen LogP contribution in [0.2, 0.25) is 0 Å². The second-order valence-corrected chi connectivity index (χ2v) is 10.5. The summed E-state index contributed by atoms with van der Waals surface area (Å²) < 4.78 is 1.90. The van der Waals surface area contributed by atoms with Crippen molar-refractivity contribution < 1.29 is 14.4 Å². The van der Waals surface area contributed by atoms with Gasteiger partial charge in [-0.2, -0.15) is 0 Å². The van der Waals surface area contributed by atoms with Crippen molar-refractivity contribution in [3.63, 3.8) is 0 Å². The van der Waals surface area contributed by atoms with Crippen LogP contribution in [0.25, 0.3) is 5.69 Å². The average molecular weight is 519 g/mol. The maximum atomic E-state index is 13.3. The van der Waals surface area contributed by atoms with Crippen LogP contribution in [-0.2, 0) is 9.59 Å². The number of carbonyl (C=O) groups is 3. The molecule has 1 aromatic carbocycles. The highest BCUT2D eigenvalue weighted by molar-refractivity contribution is 7.99. The Hall–Kier alpha value is -3.66. The quantitative estimate of drug-likeness (QED) is 0.555. The Morgan fingerprint density at radius 2 is 1.81 bits per heavy atom. The molecule has 0 spiro atoms. The molecule has 0 radical (unpaired) electrons. The van der Waals surface area contributed by atoms with Gasteiger partial charge in [0.1, 0.15) is 6.04 Å². The van der Waals surface area contributed by atoms with E-state index in [2.05, 4.69) is 10.3 Å². The smallest absolute Gasteiger partial charge is 0.257 e. The van der Waals surface area contributed by atoms with Crippen LogP contribution in [0.4, 0.5) is 5.69 Å². The SMILES string of the molecule is CC(=O)N1CSC[C@H]1C(=O)N1CCC(c2nc(C)ccc2C(=O)Nc2ccc(-n3ccnc3)cc2)CC1. The van der Waals surface area contributed by atoms with Crippen molar-refractivity contribution in [2.75, 3.05) is 30.0 Å². The summed E-state index contributed by atoms with van der Waals surface area (Å²) >= 11 is 1.61. The summed E-state index contributed by atoms with van der Waals surface area (Å²) in [4.78, 5) is 50.7. The van der Waals surface area contributed by atoms with E-state index >= 15 is 0 Å². The zero-order valence-corrected chi connectivity index (χ0v) is 21.8. The van der Waals surface area contributed by atoms with Crippen LogP contribution in [-0.4, -0.2) is 72.8 Å². The monoisotopic (exact) mass is 518 g/mol. The van der Waals surface area contributed by atoms with Crippen molar-refractivity contribution in [2.24, 2.45) is 0 Å². The number of aryl methyl sites for hydroxylation is 1. The summed E-state index contributed by atoms with van der Waals surface area (Å²) in [5.41, 5.74) is 3.85. The van der Waals surface area contributed by atoms with Crippen LogP contribution in [0.5, 0.6) is 0 Å². The first-order valence-electron chi connectivity index (χ1n) is 12.4.